The standard InChI is InChI=1S/C16H27N5O3/c1-19-8-4-16(5-9-19)11-21(7-3-6-20(16)2)13(22)10-12-14(23)18-15(24)17-12/h12H,3-11H2,1-2H3,(H2,17,18,23,24). The monoisotopic (exact) mass is 337 g/mol. The molecule has 1 spiro atoms. The Balaban J connectivity index is 1.67. The van der Waals surface area contributed by atoms with Crippen LogP contribution >= 0.6 is 0 Å². The summed E-state index contributed by atoms with van der Waals surface area (Å²) in [6.07, 6.45) is 3.06. The molecule has 3 saturated heterocycles. The van der Waals surface area contributed by atoms with E-state index >= 15 is 0 Å². The summed E-state index contributed by atoms with van der Waals surface area (Å²) in [5, 5.41) is 4.69. The van der Waals surface area contributed by atoms with Crippen molar-refractivity contribution in [1.82, 2.24) is 25.3 Å². The number of rotatable bonds is 2. The highest BCUT2D eigenvalue weighted by atomic mass is 16.2. The van der Waals surface area contributed by atoms with E-state index in [1.807, 2.05) is 4.90 Å². The van der Waals surface area contributed by atoms with Gasteiger partial charge >= 0.3 is 6.03 Å². The van der Waals surface area contributed by atoms with Gasteiger partial charge in [-0.15, -0.1) is 0 Å². The van der Waals surface area contributed by atoms with E-state index in [1.165, 1.54) is 0 Å². The number of imide groups is 1. The molecular weight excluding hydrogens is 310 g/mol. The number of piperidine rings is 1. The maximum absolute atomic E-state index is 12.7. The first-order valence-electron chi connectivity index (χ1n) is 8.68. The van der Waals surface area contributed by atoms with Gasteiger partial charge in [0.25, 0.3) is 5.91 Å². The van der Waals surface area contributed by atoms with Crippen LogP contribution < -0.4 is 10.6 Å². The molecule has 134 valence electrons. The van der Waals surface area contributed by atoms with Gasteiger partial charge in [0.2, 0.25) is 5.91 Å². The SMILES string of the molecule is CN1CCC2(CC1)CN(C(=O)CC1NC(=O)NC1=O)CCCN2C. The van der Waals surface area contributed by atoms with Gasteiger partial charge in [-0.3, -0.25) is 19.8 Å². The summed E-state index contributed by atoms with van der Waals surface area (Å²) in [5.41, 5.74) is 0.0276. The Morgan fingerprint density at radius 1 is 1.17 bits per heavy atom. The number of hydrogen-bond acceptors (Lipinski definition) is 5. The zero-order valence-corrected chi connectivity index (χ0v) is 14.5. The Morgan fingerprint density at radius 2 is 1.88 bits per heavy atom. The highest BCUT2D eigenvalue weighted by molar-refractivity contribution is 6.05. The Hall–Kier alpha value is -1.67. The lowest BCUT2D eigenvalue weighted by molar-refractivity contribution is -0.135. The maximum atomic E-state index is 12.7. The summed E-state index contributed by atoms with van der Waals surface area (Å²) in [7, 11) is 4.29. The molecule has 0 saturated carbocycles. The van der Waals surface area contributed by atoms with Crippen LogP contribution in [0.15, 0.2) is 0 Å². The minimum absolute atomic E-state index is 0.0276. The lowest BCUT2D eigenvalue weighted by Crippen LogP contribution is -2.58. The number of urea groups is 1. The van der Waals surface area contributed by atoms with Crippen LogP contribution in [-0.2, 0) is 9.59 Å². The fraction of sp³-hybridized carbons (Fsp3) is 0.812. The number of carbonyl (C=O) groups is 3. The normalized spacial score (nSPS) is 28.6. The van der Waals surface area contributed by atoms with Crippen LogP contribution in [0.4, 0.5) is 4.79 Å². The third kappa shape index (κ3) is 3.39. The van der Waals surface area contributed by atoms with Crippen molar-refractivity contribution in [3.05, 3.63) is 0 Å². The van der Waals surface area contributed by atoms with Crippen LogP contribution in [0.2, 0.25) is 0 Å². The van der Waals surface area contributed by atoms with Crippen molar-refractivity contribution in [2.75, 3.05) is 46.8 Å². The molecule has 3 aliphatic rings. The number of likely N-dealkylation sites (tertiary alicyclic amines) is 1. The van der Waals surface area contributed by atoms with Crippen molar-refractivity contribution in [3.63, 3.8) is 0 Å². The van der Waals surface area contributed by atoms with E-state index < -0.39 is 18.0 Å². The van der Waals surface area contributed by atoms with Gasteiger partial charge in [0, 0.05) is 25.2 Å². The quantitative estimate of drug-likeness (QED) is 0.645. The van der Waals surface area contributed by atoms with E-state index in [-0.39, 0.29) is 17.9 Å². The van der Waals surface area contributed by atoms with Gasteiger partial charge in [-0.1, -0.05) is 0 Å². The molecule has 3 heterocycles. The van der Waals surface area contributed by atoms with Crippen LogP contribution in [0.1, 0.15) is 25.7 Å². The second kappa shape index (κ2) is 6.68. The van der Waals surface area contributed by atoms with E-state index in [4.69, 9.17) is 0 Å². The Labute approximate surface area is 142 Å². The van der Waals surface area contributed by atoms with Crippen LogP contribution in [0.25, 0.3) is 0 Å². The van der Waals surface area contributed by atoms with Gasteiger partial charge in [-0.2, -0.15) is 0 Å². The molecule has 0 aromatic carbocycles. The van der Waals surface area contributed by atoms with Crippen LogP contribution in [0.3, 0.4) is 0 Å². The van der Waals surface area contributed by atoms with Gasteiger partial charge in [-0.05, 0) is 46.4 Å². The molecule has 24 heavy (non-hydrogen) atoms. The second-order valence-electron chi connectivity index (χ2n) is 7.34. The number of likely N-dealkylation sites (N-methyl/N-ethyl adjacent to an activating group) is 1. The van der Waals surface area contributed by atoms with Crippen molar-refractivity contribution in [2.45, 2.75) is 37.3 Å². The summed E-state index contributed by atoms with van der Waals surface area (Å²) in [5.74, 6) is -0.458. The van der Waals surface area contributed by atoms with E-state index in [0.29, 0.717) is 13.1 Å². The van der Waals surface area contributed by atoms with Crippen molar-refractivity contribution in [1.29, 1.82) is 0 Å². The van der Waals surface area contributed by atoms with Gasteiger partial charge in [0.05, 0.1) is 6.42 Å². The van der Waals surface area contributed by atoms with E-state index in [9.17, 15) is 14.4 Å². The summed E-state index contributed by atoms with van der Waals surface area (Å²) >= 11 is 0. The predicted molar refractivity (Wildman–Crippen MR) is 88.4 cm³/mol. The summed E-state index contributed by atoms with van der Waals surface area (Å²) in [4.78, 5) is 42.2. The minimum Gasteiger partial charge on any atom is -0.341 e. The van der Waals surface area contributed by atoms with Crippen LogP contribution in [0, 0.1) is 0 Å². The van der Waals surface area contributed by atoms with Gasteiger partial charge < -0.3 is 15.1 Å². The summed E-state index contributed by atoms with van der Waals surface area (Å²) in [6.45, 7) is 4.47. The molecule has 0 radical (unpaired) electrons. The number of nitrogens with zero attached hydrogens (tertiary/aromatic N) is 3. The Morgan fingerprint density at radius 3 is 2.50 bits per heavy atom. The molecule has 4 amide bonds. The Kier molecular flexibility index (Phi) is 4.78. The average molecular weight is 337 g/mol. The third-order valence-corrected chi connectivity index (χ3v) is 5.72. The molecule has 1 atom stereocenters. The first-order chi connectivity index (χ1) is 11.4. The number of carbonyl (C=O) groups excluding carboxylic acids is 3. The molecule has 0 bridgehead atoms. The van der Waals surface area contributed by atoms with Gasteiger partial charge in [0.1, 0.15) is 6.04 Å². The lowest BCUT2D eigenvalue weighted by Gasteiger charge is -2.47. The molecule has 8 nitrogen and oxygen atoms in total. The van der Waals surface area contributed by atoms with Crippen molar-refractivity contribution in [3.8, 4) is 0 Å². The number of amides is 4. The molecule has 2 N–H and O–H groups in total. The molecular formula is C16H27N5O3. The summed E-state index contributed by atoms with van der Waals surface area (Å²) < 4.78 is 0. The van der Waals surface area contributed by atoms with Gasteiger partial charge in [-0.25, -0.2) is 4.79 Å². The van der Waals surface area contributed by atoms with Crippen LogP contribution in [0.5, 0.6) is 0 Å². The zero-order chi connectivity index (χ0) is 17.3. The Bertz CT molecular complexity index is 530. The average Bonchev–Trinajstić information content (AvgIpc) is 2.76. The van der Waals surface area contributed by atoms with E-state index in [2.05, 4.69) is 34.5 Å². The van der Waals surface area contributed by atoms with E-state index in [1.54, 1.807) is 0 Å². The summed E-state index contributed by atoms with van der Waals surface area (Å²) in [6, 6.07) is -1.25. The first kappa shape index (κ1) is 17.2. The highest BCUT2D eigenvalue weighted by Gasteiger charge is 2.42. The zero-order valence-electron chi connectivity index (χ0n) is 14.5. The van der Waals surface area contributed by atoms with Crippen LogP contribution in [-0.4, -0.2) is 90.9 Å². The lowest BCUT2D eigenvalue weighted by atomic mass is 9.85. The van der Waals surface area contributed by atoms with Crippen molar-refractivity contribution in [2.24, 2.45) is 0 Å². The predicted octanol–water partition coefficient (Wildman–Crippen LogP) is -0.787. The number of nitrogens with one attached hydrogen (secondary N) is 2. The maximum Gasteiger partial charge on any atom is 0.322 e. The third-order valence-electron chi connectivity index (χ3n) is 5.72. The molecule has 0 aromatic rings. The largest absolute Gasteiger partial charge is 0.341 e. The molecule has 1 unspecified atom stereocenters. The smallest absolute Gasteiger partial charge is 0.322 e. The first-order valence-corrected chi connectivity index (χ1v) is 8.68. The molecule has 0 aliphatic carbocycles. The minimum atomic E-state index is -0.737. The van der Waals surface area contributed by atoms with Crippen molar-refractivity contribution >= 4 is 17.8 Å². The molecule has 3 aliphatic heterocycles. The number of hydrogen-bond donors (Lipinski definition) is 2. The molecule has 8 heteroatoms. The topological polar surface area (TPSA) is 85.0 Å². The second-order valence-corrected chi connectivity index (χ2v) is 7.34. The molecule has 3 fully saturated rings. The molecule has 3 rings (SSSR count). The van der Waals surface area contributed by atoms with Crippen molar-refractivity contribution < 1.29 is 14.4 Å². The van der Waals surface area contributed by atoms with E-state index in [0.717, 1.165) is 38.9 Å². The fourth-order valence-corrected chi connectivity index (χ4v) is 3.98. The fourth-order valence-electron chi connectivity index (χ4n) is 3.98. The highest BCUT2D eigenvalue weighted by Crippen LogP contribution is 2.31. The molecule has 0 aromatic heterocycles. The van der Waals surface area contributed by atoms with Gasteiger partial charge in [0.15, 0.2) is 0 Å².